The summed E-state index contributed by atoms with van der Waals surface area (Å²) < 4.78 is 13.0. The Morgan fingerprint density at radius 3 is 2.42 bits per heavy atom. The van der Waals surface area contributed by atoms with E-state index in [1.54, 1.807) is 18.2 Å². The van der Waals surface area contributed by atoms with Crippen molar-refractivity contribution in [1.82, 2.24) is 9.97 Å². The molecule has 2 rings (SSSR count). The molecule has 5 heteroatoms. The number of nitrogens with zero attached hydrogens (tertiary/aromatic N) is 3. The monoisotopic (exact) mass is 279 g/mol. The van der Waals surface area contributed by atoms with E-state index in [-0.39, 0.29) is 5.82 Å². The first kappa shape index (κ1) is 13.7. The van der Waals surface area contributed by atoms with Crippen LogP contribution in [0.25, 0.3) is 0 Å². The zero-order valence-corrected chi connectivity index (χ0v) is 11.7. The third kappa shape index (κ3) is 3.20. The maximum absolute atomic E-state index is 13.0. The van der Waals surface area contributed by atoms with Crippen molar-refractivity contribution in [2.75, 3.05) is 11.4 Å². The van der Waals surface area contributed by atoms with Crippen LogP contribution in [-0.2, 0) is 6.42 Å². The third-order valence-electron chi connectivity index (χ3n) is 2.77. The summed E-state index contributed by atoms with van der Waals surface area (Å²) in [5, 5.41) is 0.419. The molecule has 1 aromatic heterocycles. The molecule has 0 bridgehead atoms. The van der Waals surface area contributed by atoms with Crippen molar-refractivity contribution < 1.29 is 4.39 Å². The second-order valence-electron chi connectivity index (χ2n) is 4.04. The fourth-order valence-electron chi connectivity index (χ4n) is 1.85. The highest BCUT2D eigenvalue weighted by atomic mass is 35.5. The molecule has 0 unspecified atom stereocenters. The number of anilines is 2. The van der Waals surface area contributed by atoms with E-state index in [9.17, 15) is 4.39 Å². The lowest BCUT2D eigenvalue weighted by atomic mass is 10.2. The van der Waals surface area contributed by atoms with Crippen LogP contribution in [0.3, 0.4) is 0 Å². The quantitative estimate of drug-likeness (QED) is 0.793. The van der Waals surface area contributed by atoms with Crippen LogP contribution in [0, 0.1) is 5.82 Å². The van der Waals surface area contributed by atoms with Crippen LogP contribution in [0.15, 0.2) is 30.3 Å². The van der Waals surface area contributed by atoms with Crippen molar-refractivity contribution in [1.29, 1.82) is 0 Å². The predicted octanol–water partition coefficient (Wildman–Crippen LogP) is 3.99. The summed E-state index contributed by atoms with van der Waals surface area (Å²) in [4.78, 5) is 10.6. The van der Waals surface area contributed by atoms with Crippen LogP contribution in [0.5, 0.6) is 0 Å². The summed E-state index contributed by atoms with van der Waals surface area (Å²) in [5.41, 5.74) is 0.876. The third-order valence-corrected chi connectivity index (χ3v) is 2.97. The number of aryl methyl sites for hydroxylation is 1. The maximum Gasteiger partial charge on any atom is 0.138 e. The Labute approximate surface area is 117 Å². The average molecular weight is 280 g/mol. The molecule has 0 fully saturated rings. The average Bonchev–Trinajstić information content (AvgIpc) is 2.41. The lowest BCUT2D eigenvalue weighted by Gasteiger charge is -2.22. The number of rotatable bonds is 4. The molecular formula is C14H15ClFN3. The predicted molar refractivity (Wildman–Crippen MR) is 75.5 cm³/mol. The van der Waals surface area contributed by atoms with Gasteiger partial charge in [-0.05, 0) is 31.2 Å². The van der Waals surface area contributed by atoms with Gasteiger partial charge in [-0.15, -0.1) is 0 Å². The molecular weight excluding hydrogens is 265 g/mol. The zero-order valence-electron chi connectivity index (χ0n) is 10.9. The Balaban J connectivity index is 2.41. The van der Waals surface area contributed by atoms with Gasteiger partial charge in [-0.1, -0.05) is 18.5 Å². The molecule has 0 aliphatic rings. The van der Waals surface area contributed by atoms with Crippen molar-refractivity contribution in [2.45, 2.75) is 20.3 Å². The summed E-state index contributed by atoms with van der Waals surface area (Å²) in [6, 6.07) is 8.03. The van der Waals surface area contributed by atoms with Crippen LogP contribution in [0.2, 0.25) is 5.15 Å². The molecule has 0 atom stereocenters. The van der Waals surface area contributed by atoms with Gasteiger partial charge in [0.05, 0.1) is 0 Å². The first-order chi connectivity index (χ1) is 9.13. The van der Waals surface area contributed by atoms with Gasteiger partial charge in [-0.2, -0.15) is 0 Å². The molecule has 1 heterocycles. The summed E-state index contributed by atoms with van der Waals surface area (Å²) >= 11 is 6.00. The van der Waals surface area contributed by atoms with Crippen molar-refractivity contribution >= 4 is 23.1 Å². The van der Waals surface area contributed by atoms with E-state index in [0.29, 0.717) is 23.9 Å². The van der Waals surface area contributed by atoms with Gasteiger partial charge in [0.1, 0.15) is 22.6 Å². The van der Waals surface area contributed by atoms with Gasteiger partial charge in [0.2, 0.25) is 0 Å². The highest BCUT2D eigenvalue weighted by molar-refractivity contribution is 6.29. The van der Waals surface area contributed by atoms with Crippen LogP contribution >= 0.6 is 11.6 Å². The minimum Gasteiger partial charge on any atom is -0.327 e. The van der Waals surface area contributed by atoms with E-state index >= 15 is 0 Å². The topological polar surface area (TPSA) is 29.0 Å². The summed E-state index contributed by atoms with van der Waals surface area (Å²) in [5.74, 6) is 1.17. The zero-order chi connectivity index (χ0) is 13.8. The molecule has 100 valence electrons. The van der Waals surface area contributed by atoms with Crippen LogP contribution < -0.4 is 4.90 Å². The van der Waals surface area contributed by atoms with Gasteiger partial charge >= 0.3 is 0 Å². The normalized spacial score (nSPS) is 10.5. The standard InChI is InChI=1S/C14H15ClFN3/c1-3-13-17-12(15)9-14(18-13)19(4-2)11-7-5-10(16)6-8-11/h5-9H,3-4H2,1-2H3. The van der Waals surface area contributed by atoms with E-state index < -0.39 is 0 Å². The first-order valence-corrected chi connectivity index (χ1v) is 6.58. The number of halogens is 2. The van der Waals surface area contributed by atoms with E-state index in [2.05, 4.69) is 9.97 Å². The second-order valence-corrected chi connectivity index (χ2v) is 4.43. The molecule has 0 N–H and O–H groups in total. The summed E-state index contributed by atoms with van der Waals surface area (Å²) in [7, 11) is 0. The van der Waals surface area contributed by atoms with Crippen LogP contribution in [0.1, 0.15) is 19.7 Å². The van der Waals surface area contributed by atoms with Crippen molar-refractivity contribution in [3.8, 4) is 0 Å². The summed E-state index contributed by atoms with van der Waals surface area (Å²) in [6.07, 6.45) is 0.717. The molecule has 0 aliphatic carbocycles. The molecule has 0 spiro atoms. The van der Waals surface area contributed by atoms with Crippen molar-refractivity contribution in [2.24, 2.45) is 0 Å². The maximum atomic E-state index is 13.0. The molecule has 0 aliphatic heterocycles. The minimum atomic E-state index is -0.255. The van der Waals surface area contributed by atoms with Gasteiger partial charge in [-0.25, -0.2) is 14.4 Å². The molecule has 0 saturated carbocycles. The molecule has 19 heavy (non-hydrogen) atoms. The molecule has 3 nitrogen and oxygen atoms in total. The van der Waals surface area contributed by atoms with Gasteiger partial charge in [0, 0.05) is 24.7 Å². The smallest absolute Gasteiger partial charge is 0.138 e. The van der Waals surface area contributed by atoms with E-state index in [1.807, 2.05) is 18.7 Å². The molecule has 0 saturated heterocycles. The number of hydrogen-bond acceptors (Lipinski definition) is 3. The Kier molecular flexibility index (Phi) is 4.32. The second kappa shape index (κ2) is 5.97. The highest BCUT2D eigenvalue weighted by Gasteiger charge is 2.11. The summed E-state index contributed by atoms with van der Waals surface area (Å²) in [6.45, 7) is 4.69. The van der Waals surface area contributed by atoms with Crippen LogP contribution in [0.4, 0.5) is 15.9 Å². The van der Waals surface area contributed by atoms with Gasteiger partial charge in [-0.3, -0.25) is 0 Å². The molecule has 0 radical (unpaired) electrons. The Morgan fingerprint density at radius 1 is 1.16 bits per heavy atom. The number of benzene rings is 1. The fraction of sp³-hybridized carbons (Fsp3) is 0.286. The van der Waals surface area contributed by atoms with Crippen molar-refractivity contribution in [3.63, 3.8) is 0 Å². The lowest BCUT2D eigenvalue weighted by Crippen LogP contribution is -2.18. The van der Waals surface area contributed by atoms with Gasteiger partial charge in [0.25, 0.3) is 0 Å². The van der Waals surface area contributed by atoms with Crippen LogP contribution in [-0.4, -0.2) is 16.5 Å². The minimum absolute atomic E-state index is 0.255. The van der Waals surface area contributed by atoms with Gasteiger partial charge in [0.15, 0.2) is 0 Å². The van der Waals surface area contributed by atoms with E-state index in [4.69, 9.17) is 11.6 Å². The number of aromatic nitrogens is 2. The lowest BCUT2D eigenvalue weighted by molar-refractivity contribution is 0.627. The van der Waals surface area contributed by atoms with Crippen molar-refractivity contribution in [3.05, 3.63) is 47.1 Å². The van der Waals surface area contributed by atoms with E-state index in [1.165, 1.54) is 12.1 Å². The molecule has 2 aromatic rings. The molecule has 1 aromatic carbocycles. The Bertz CT molecular complexity index is 557. The molecule has 0 amide bonds. The highest BCUT2D eigenvalue weighted by Crippen LogP contribution is 2.25. The van der Waals surface area contributed by atoms with Gasteiger partial charge < -0.3 is 4.90 Å². The number of hydrogen-bond donors (Lipinski definition) is 0. The largest absolute Gasteiger partial charge is 0.327 e. The SMILES string of the molecule is CCc1nc(Cl)cc(N(CC)c2ccc(F)cc2)n1. The fourth-order valence-corrected chi connectivity index (χ4v) is 2.04. The first-order valence-electron chi connectivity index (χ1n) is 6.20. The Morgan fingerprint density at radius 2 is 1.84 bits per heavy atom. The van der Waals surface area contributed by atoms with E-state index in [0.717, 1.165) is 11.5 Å². The Hall–Kier alpha value is -1.68.